The lowest BCUT2D eigenvalue weighted by molar-refractivity contribution is 0.571. The summed E-state index contributed by atoms with van der Waals surface area (Å²) in [6, 6.07) is 4.79. The number of nitrogen functional groups attached to an aromatic ring is 1. The van der Waals surface area contributed by atoms with Crippen molar-refractivity contribution < 1.29 is 8.81 Å². The monoisotopic (exact) mass is 190 g/mol. The van der Waals surface area contributed by atoms with Crippen LogP contribution in [0, 0.1) is 24.1 Å². The zero-order valence-corrected chi connectivity index (χ0v) is 7.47. The summed E-state index contributed by atoms with van der Waals surface area (Å²) in [5, 5.41) is 9.27. The topological polar surface area (TPSA) is 62.9 Å². The SMILES string of the molecule is Cc1ccc(F)c2oc(N)c(C#N)c12. The average Bonchev–Trinajstić information content (AvgIpc) is 2.50. The Labute approximate surface area is 79.5 Å². The van der Waals surface area contributed by atoms with Crippen molar-refractivity contribution in [1.82, 2.24) is 0 Å². The van der Waals surface area contributed by atoms with E-state index < -0.39 is 5.82 Å². The molecule has 2 rings (SSSR count). The number of nitrogens with two attached hydrogens (primary N) is 1. The zero-order chi connectivity index (χ0) is 10.3. The number of furan rings is 1. The summed E-state index contributed by atoms with van der Waals surface area (Å²) < 4.78 is 18.2. The summed E-state index contributed by atoms with van der Waals surface area (Å²) in [5.41, 5.74) is 6.48. The van der Waals surface area contributed by atoms with E-state index in [4.69, 9.17) is 15.4 Å². The molecule has 1 aromatic heterocycles. The Morgan fingerprint density at radius 1 is 1.50 bits per heavy atom. The maximum atomic E-state index is 13.2. The van der Waals surface area contributed by atoms with E-state index in [2.05, 4.69) is 0 Å². The number of anilines is 1. The summed E-state index contributed by atoms with van der Waals surface area (Å²) in [7, 11) is 0. The Kier molecular flexibility index (Phi) is 1.68. The van der Waals surface area contributed by atoms with E-state index >= 15 is 0 Å². The molecule has 0 saturated heterocycles. The number of hydrogen-bond acceptors (Lipinski definition) is 3. The predicted molar refractivity (Wildman–Crippen MR) is 50.0 cm³/mol. The van der Waals surface area contributed by atoms with Crippen LogP contribution >= 0.6 is 0 Å². The van der Waals surface area contributed by atoms with Gasteiger partial charge in [-0.3, -0.25) is 0 Å². The van der Waals surface area contributed by atoms with E-state index in [1.807, 2.05) is 6.07 Å². The van der Waals surface area contributed by atoms with Gasteiger partial charge in [0.1, 0.15) is 11.6 Å². The van der Waals surface area contributed by atoms with Crippen molar-refractivity contribution in [3.8, 4) is 6.07 Å². The van der Waals surface area contributed by atoms with Crippen molar-refractivity contribution in [2.75, 3.05) is 5.73 Å². The maximum absolute atomic E-state index is 13.2. The molecule has 0 aliphatic rings. The number of fused-ring (bicyclic) bond motifs is 1. The van der Waals surface area contributed by atoms with Gasteiger partial charge in [-0.05, 0) is 18.6 Å². The van der Waals surface area contributed by atoms with Crippen LogP contribution in [0.15, 0.2) is 16.5 Å². The molecule has 14 heavy (non-hydrogen) atoms. The van der Waals surface area contributed by atoms with E-state index in [-0.39, 0.29) is 17.0 Å². The Morgan fingerprint density at radius 3 is 2.86 bits per heavy atom. The second-order valence-electron chi connectivity index (χ2n) is 3.02. The summed E-state index contributed by atoms with van der Waals surface area (Å²) in [6.45, 7) is 1.78. The van der Waals surface area contributed by atoms with Crippen LogP contribution < -0.4 is 5.73 Å². The molecule has 1 aromatic carbocycles. The molecule has 2 aromatic rings. The first kappa shape index (κ1) is 8.57. The minimum absolute atomic E-state index is 0.0318. The molecule has 1 heterocycles. The van der Waals surface area contributed by atoms with Gasteiger partial charge in [0.05, 0.1) is 0 Å². The van der Waals surface area contributed by atoms with E-state index in [0.29, 0.717) is 5.39 Å². The smallest absolute Gasteiger partial charge is 0.209 e. The van der Waals surface area contributed by atoms with E-state index in [1.54, 1.807) is 13.0 Å². The number of halogens is 1. The largest absolute Gasteiger partial charge is 0.436 e. The van der Waals surface area contributed by atoms with Crippen LogP contribution in [-0.2, 0) is 0 Å². The molecular formula is C10H7FN2O. The van der Waals surface area contributed by atoms with Gasteiger partial charge in [0, 0.05) is 5.39 Å². The van der Waals surface area contributed by atoms with Crippen molar-refractivity contribution in [1.29, 1.82) is 5.26 Å². The van der Waals surface area contributed by atoms with E-state index in [0.717, 1.165) is 5.56 Å². The third-order valence-corrected chi connectivity index (χ3v) is 2.14. The van der Waals surface area contributed by atoms with Crippen molar-refractivity contribution in [3.05, 3.63) is 29.1 Å². The van der Waals surface area contributed by atoms with Gasteiger partial charge in [0.25, 0.3) is 0 Å². The summed E-state index contributed by atoms with van der Waals surface area (Å²) >= 11 is 0. The minimum atomic E-state index is -0.501. The zero-order valence-electron chi connectivity index (χ0n) is 7.47. The van der Waals surface area contributed by atoms with Crippen LogP contribution in [0.1, 0.15) is 11.1 Å². The van der Waals surface area contributed by atoms with Gasteiger partial charge in [-0.2, -0.15) is 5.26 Å². The van der Waals surface area contributed by atoms with Gasteiger partial charge in [0.15, 0.2) is 11.4 Å². The van der Waals surface area contributed by atoms with E-state index in [9.17, 15) is 4.39 Å². The molecular weight excluding hydrogens is 183 g/mol. The number of nitriles is 1. The second-order valence-corrected chi connectivity index (χ2v) is 3.02. The molecule has 0 aliphatic heterocycles. The Morgan fingerprint density at radius 2 is 2.21 bits per heavy atom. The average molecular weight is 190 g/mol. The lowest BCUT2D eigenvalue weighted by Crippen LogP contribution is -1.84. The van der Waals surface area contributed by atoms with Crippen molar-refractivity contribution in [2.45, 2.75) is 6.92 Å². The summed E-state index contributed by atoms with van der Waals surface area (Å²) in [6.07, 6.45) is 0. The molecule has 70 valence electrons. The second kappa shape index (κ2) is 2.74. The molecule has 0 bridgehead atoms. The first-order valence-corrected chi connectivity index (χ1v) is 4.02. The van der Waals surface area contributed by atoms with Crippen LogP contribution in [0.3, 0.4) is 0 Å². The summed E-state index contributed by atoms with van der Waals surface area (Å²) in [4.78, 5) is 0. The number of rotatable bonds is 0. The minimum Gasteiger partial charge on any atom is -0.436 e. The quantitative estimate of drug-likeness (QED) is 0.693. The molecule has 0 amide bonds. The van der Waals surface area contributed by atoms with Gasteiger partial charge in [0.2, 0.25) is 5.88 Å². The third-order valence-electron chi connectivity index (χ3n) is 2.14. The number of nitrogens with zero attached hydrogens (tertiary/aromatic N) is 1. The number of benzene rings is 1. The molecule has 0 aliphatic carbocycles. The highest BCUT2D eigenvalue weighted by Gasteiger charge is 2.16. The van der Waals surface area contributed by atoms with Gasteiger partial charge in [-0.1, -0.05) is 6.07 Å². The normalized spacial score (nSPS) is 10.4. The lowest BCUT2D eigenvalue weighted by Gasteiger charge is -1.94. The maximum Gasteiger partial charge on any atom is 0.209 e. The Balaban J connectivity index is 3.03. The van der Waals surface area contributed by atoms with Gasteiger partial charge in [-0.15, -0.1) is 0 Å². The molecule has 0 spiro atoms. The Bertz CT molecular complexity index is 551. The fourth-order valence-corrected chi connectivity index (χ4v) is 1.46. The highest BCUT2D eigenvalue weighted by atomic mass is 19.1. The van der Waals surface area contributed by atoms with Crippen LogP contribution in [0.25, 0.3) is 11.0 Å². The predicted octanol–water partition coefficient (Wildman–Crippen LogP) is 2.33. The molecule has 3 nitrogen and oxygen atoms in total. The van der Waals surface area contributed by atoms with Crippen LogP contribution in [0.5, 0.6) is 0 Å². The van der Waals surface area contributed by atoms with Crippen molar-refractivity contribution in [2.24, 2.45) is 0 Å². The Hall–Kier alpha value is -2.02. The van der Waals surface area contributed by atoms with Crippen LogP contribution in [-0.4, -0.2) is 0 Å². The molecule has 0 unspecified atom stereocenters. The molecule has 0 saturated carbocycles. The van der Waals surface area contributed by atoms with Gasteiger partial charge >= 0.3 is 0 Å². The summed E-state index contributed by atoms with van der Waals surface area (Å²) in [5.74, 6) is -0.533. The first-order valence-electron chi connectivity index (χ1n) is 4.02. The van der Waals surface area contributed by atoms with Crippen LogP contribution in [0.2, 0.25) is 0 Å². The highest BCUT2D eigenvalue weighted by molar-refractivity contribution is 5.91. The molecule has 0 atom stereocenters. The molecule has 0 fully saturated rings. The van der Waals surface area contributed by atoms with Gasteiger partial charge in [-0.25, -0.2) is 4.39 Å². The van der Waals surface area contributed by atoms with Crippen molar-refractivity contribution >= 4 is 16.9 Å². The molecule has 4 heteroatoms. The third kappa shape index (κ3) is 0.958. The molecule has 0 radical (unpaired) electrons. The lowest BCUT2D eigenvalue weighted by atomic mass is 10.1. The van der Waals surface area contributed by atoms with Crippen LogP contribution in [0.4, 0.5) is 10.3 Å². The fraction of sp³-hybridized carbons (Fsp3) is 0.100. The highest BCUT2D eigenvalue weighted by Crippen LogP contribution is 2.31. The number of hydrogen-bond donors (Lipinski definition) is 1. The fourth-order valence-electron chi connectivity index (χ4n) is 1.46. The standard InChI is InChI=1S/C10H7FN2O/c1-5-2-3-7(11)9-8(5)6(4-12)10(13)14-9/h2-3H,13H2,1H3. The number of aryl methyl sites for hydroxylation is 1. The molecule has 2 N–H and O–H groups in total. The van der Waals surface area contributed by atoms with E-state index in [1.165, 1.54) is 6.07 Å². The first-order chi connectivity index (χ1) is 6.65. The van der Waals surface area contributed by atoms with Crippen molar-refractivity contribution in [3.63, 3.8) is 0 Å². The van der Waals surface area contributed by atoms with Gasteiger partial charge < -0.3 is 10.2 Å².